The number of fused-ring (bicyclic) bond motifs is 1. The van der Waals surface area contributed by atoms with Gasteiger partial charge in [0.25, 0.3) is 0 Å². The summed E-state index contributed by atoms with van der Waals surface area (Å²) >= 11 is 6.21. The Morgan fingerprint density at radius 2 is 2.22 bits per heavy atom. The fourth-order valence-electron chi connectivity index (χ4n) is 1.84. The number of benzene rings is 1. The van der Waals surface area contributed by atoms with Gasteiger partial charge < -0.3 is 24.5 Å². The average Bonchev–Trinajstić information content (AvgIpc) is 2.97. The van der Waals surface area contributed by atoms with Crippen LogP contribution in [0.2, 0.25) is 5.02 Å². The van der Waals surface area contributed by atoms with E-state index in [-0.39, 0.29) is 12.7 Å². The molecule has 3 rings (SSSR count). The maximum absolute atomic E-state index is 6.21. The van der Waals surface area contributed by atoms with E-state index >= 15 is 0 Å². The van der Waals surface area contributed by atoms with Crippen LogP contribution in [0.3, 0.4) is 0 Å². The predicted octanol–water partition coefficient (Wildman–Crippen LogP) is 2.31. The highest BCUT2D eigenvalue weighted by Gasteiger charge is 2.26. The third-order valence-electron chi connectivity index (χ3n) is 2.65. The molecule has 94 valence electrons. The molecular formula is C11H9ClN2O4. The van der Waals surface area contributed by atoms with Crippen molar-refractivity contribution < 1.29 is 18.7 Å². The van der Waals surface area contributed by atoms with Crippen molar-refractivity contribution in [3.05, 3.63) is 17.3 Å². The van der Waals surface area contributed by atoms with E-state index < -0.39 is 0 Å². The number of halogens is 1. The molecule has 0 amide bonds. The number of nitrogens with two attached hydrogens (primary N) is 1. The Morgan fingerprint density at radius 1 is 1.39 bits per heavy atom. The van der Waals surface area contributed by atoms with Gasteiger partial charge in [0.1, 0.15) is 10.8 Å². The van der Waals surface area contributed by atoms with Crippen LogP contribution in [0.4, 0.5) is 5.88 Å². The van der Waals surface area contributed by atoms with Gasteiger partial charge in [-0.2, -0.15) is 0 Å². The van der Waals surface area contributed by atoms with Crippen LogP contribution in [0.5, 0.6) is 17.2 Å². The van der Waals surface area contributed by atoms with Crippen molar-refractivity contribution in [3.8, 4) is 28.4 Å². The number of nitrogens with zero attached hydrogens (tertiary/aromatic N) is 1. The summed E-state index contributed by atoms with van der Waals surface area (Å²) in [7, 11) is 1.51. The summed E-state index contributed by atoms with van der Waals surface area (Å²) in [6, 6.07) is 1.73. The molecule has 0 saturated heterocycles. The van der Waals surface area contributed by atoms with E-state index in [1.54, 1.807) is 6.07 Å². The third kappa shape index (κ3) is 1.46. The second kappa shape index (κ2) is 3.99. The van der Waals surface area contributed by atoms with E-state index in [1.807, 2.05) is 0 Å². The Kier molecular flexibility index (Phi) is 2.45. The van der Waals surface area contributed by atoms with Crippen LogP contribution in [0.1, 0.15) is 0 Å². The van der Waals surface area contributed by atoms with E-state index in [0.29, 0.717) is 33.4 Å². The summed E-state index contributed by atoms with van der Waals surface area (Å²) in [5, 5.41) is 3.96. The van der Waals surface area contributed by atoms with Gasteiger partial charge >= 0.3 is 0 Å². The highest BCUT2D eigenvalue weighted by molar-refractivity contribution is 6.34. The number of methoxy groups -OCH3 is 1. The maximum atomic E-state index is 6.21. The van der Waals surface area contributed by atoms with E-state index in [1.165, 1.54) is 13.3 Å². The normalized spacial score (nSPS) is 12.8. The fourth-order valence-corrected chi connectivity index (χ4v) is 2.16. The first kappa shape index (κ1) is 11.0. The van der Waals surface area contributed by atoms with Crippen LogP contribution in [0.25, 0.3) is 11.1 Å². The Balaban J connectivity index is 2.27. The molecule has 0 bridgehead atoms. The lowest BCUT2D eigenvalue weighted by Crippen LogP contribution is -1.93. The molecule has 18 heavy (non-hydrogen) atoms. The molecule has 1 aromatic carbocycles. The van der Waals surface area contributed by atoms with Crippen molar-refractivity contribution in [2.75, 3.05) is 19.6 Å². The second-order valence-electron chi connectivity index (χ2n) is 3.61. The minimum atomic E-state index is 0.126. The summed E-state index contributed by atoms with van der Waals surface area (Å²) in [5.41, 5.74) is 6.93. The lowest BCUT2D eigenvalue weighted by molar-refractivity contribution is 0.174. The third-order valence-corrected chi connectivity index (χ3v) is 3.00. The second-order valence-corrected chi connectivity index (χ2v) is 3.99. The van der Waals surface area contributed by atoms with Crippen molar-refractivity contribution in [2.24, 2.45) is 0 Å². The van der Waals surface area contributed by atoms with E-state index in [2.05, 4.69) is 5.16 Å². The number of nitrogen functional groups attached to an aromatic ring is 1. The standard InChI is InChI=1S/C11H9ClN2O4/c1-15-9-5(6-3-14-18-11(6)13)2-7-10(8(9)12)17-4-16-7/h2-3H,4,13H2,1H3. The molecule has 7 heteroatoms. The summed E-state index contributed by atoms with van der Waals surface area (Å²) in [6.07, 6.45) is 1.49. The van der Waals surface area contributed by atoms with E-state index in [0.717, 1.165) is 0 Å². The SMILES string of the molecule is COc1c(-c2cnoc2N)cc2c(c1Cl)OCO2. The van der Waals surface area contributed by atoms with Crippen molar-refractivity contribution in [2.45, 2.75) is 0 Å². The van der Waals surface area contributed by atoms with Crippen LogP contribution in [0.15, 0.2) is 16.8 Å². The van der Waals surface area contributed by atoms with Gasteiger partial charge in [0, 0.05) is 5.56 Å². The summed E-state index contributed by atoms with van der Waals surface area (Å²) < 4.78 is 20.7. The molecule has 0 spiro atoms. The van der Waals surface area contributed by atoms with E-state index in [9.17, 15) is 0 Å². The zero-order valence-corrected chi connectivity index (χ0v) is 10.2. The first-order chi connectivity index (χ1) is 8.72. The van der Waals surface area contributed by atoms with Gasteiger partial charge in [-0.3, -0.25) is 0 Å². The molecule has 0 fully saturated rings. The molecule has 0 saturated carbocycles. The van der Waals surface area contributed by atoms with Crippen molar-refractivity contribution in [1.29, 1.82) is 0 Å². The Morgan fingerprint density at radius 3 is 2.89 bits per heavy atom. The van der Waals surface area contributed by atoms with Gasteiger partial charge in [0.15, 0.2) is 11.5 Å². The Bertz CT molecular complexity index is 611. The van der Waals surface area contributed by atoms with Crippen LogP contribution in [-0.2, 0) is 0 Å². The molecule has 1 aliphatic heterocycles. The summed E-state index contributed by atoms with van der Waals surface area (Å²) in [4.78, 5) is 0. The molecule has 0 radical (unpaired) electrons. The summed E-state index contributed by atoms with van der Waals surface area (Å²) in [5.74, 6) is 1.63. The van der Waals surface area contributed by atoms with Crippen LogP contribution in [-0.4, -0.2) is 19.1 Å². The van der Waals surface area contributed by atoms with Gasteiger partial charge in [0.2, 0.25) is 12.7 Å². The van der Waals surface area contributed by atoms with Crippen molar-refractivity contribution in [3.63, 3.8) is 0 Å². The highest BCUT2D eigenvalue weighted by atomic mass is 35.5. The Labute approximate surface area is 107 Å². The smallest absolute Gasteiger partial charge is 0.231 e. The molecule has 0 atom stereocenters. The molecule has 0 unspecified atom stereocenters. The largest absolute Gasteiger partial charge is 0.494 e. The molecule has 2 N–H and O–H groups in total. The number of rotatable bonds is 2. The first-order valence-corrected chi connectivity index (χ1v) is 5.46. The molecule has 1 aromatic heterocycles. The molecule has 6 nitrogen and oxygen atoms in total. The fraction of sp³-hybridized carbons (Fsp3) is 0.182. The zero-order valence-electron chi connectivity index (χ0n) is 9.40. The van der Waals surface area contributed by atoms with Crippen LogP contribution < -0.4 is 19.9 Å². The molecular weight excluding hydrogens is 260 g/mol. The molecule has 2 aromatic rings. The molecule has 2 heterocycles. The number of hydrogen-bond acceptors (Lipinski definition) is 6. The average molecular weight is 269 g/mol. The quantitative estimate of drug-likeness (QED) is 0.900. The molecule has 0 aliphatic carbocycles. The lowest BCUT2D eigenvalue weighted by Gasteiger charge is -2.11. The Hall–Kier alpha value is -2.08. The number of aromatic nitrogens is 1. The molecule has 1 aliphatic rings. The highest BCUT2D eigenvalue weighted by Crippen LogP contribution is 2.50. The summed E-state index contributed by atoms with van der Waals surface area (Å²) in [6.45, 7) is 0.126. The number of anilines is 1. The van der Waals surface area contributed by atoms with Crippen molar-refractivity contribution in [1.82, 2.24) is 5.16 Å². The predicted molar refractivity (Wildman–Crippen MR) is 64.0 cm³/mol. The van der Waals surface area contributed by atoms with Gasteiger partial charge in [0.05, 0.1) is 18.9 Å². The lowest BCUT2D eigenvalue weighted by atomic mass is 10.1. The first-order valence-electron chi connectivity index (χ1n) is 5.09. The number of hydrogen-bond donors (Lipinski definition) is 1. The van der Waals surface area contributed by atoms with Crippen LogP contribution >= 0.6 is 11.6 Å². The van der Waals surface area contributed by atoms with Crippen LogP contribution in [0, 0.1) is 0 Å². The monoisotopic (exact) mass is 268 g/mol. The minimum absolute atomic E-state index is 0.126. The minimum Gasteiger partial charge on any atom is -0.494 e. The number of ether oxygens (including phenoxy) is 3. The van der Waals surface area contributed by atoms with Gasteiger partial charge in [-0.15, -0.1) is 0 Å². The van der Waals surface area contributed by atoms with Gasteiger partial charge in [-0.05, 0) is 6.07 Å². The maximum Gasteiger partial charge on any atom is 0.231 e. The topological polar surface area (TPSA) is 79.7 Å². The van der Waals surface area contributed by atoms with Gasteiger partial charge in [-0.1, -0.05) is 16.8 Å². The van der Waals surface area contributed by atoms with E-state index in [4.69, 9.17) is 36.1 Å². The van der Waals surface area contributed by atoms with Gasteiger partial charge in [-0.25, -0.2) is 0 Å². The zero-order chi connectivity index (χ0) is 12.7. The van der Waals surface area contributed by atoms with Crippen molar-refractivity contribution >= 4 is 17.5 Å².